The third-order valence-corrected chi connectivity index (χ3v) is 1.61. The van der Waals surface area contributed by atoms with Crippen LogP contribution in [0.1, 0.15) is 6.42 Å². The van der Waals surface area contributed by atoms with E-state index in [2.05, 4.69) is 6.58 Å². The van der Waals surface area contributed by atoms with Gasteiger partial charge < -0.3 is 0 Å². The minimum absolute atomic E-state index is 0.447. The lowest BCUT2D eigenvalue weighted by Crippen LogP contribution is -2.48. The number of carbonyl (C=O) groups excluding carboxylic acids is 2. The van der Waals surface area contributed by atoms with E-state index in [9.17, 15) is 31.5 Å². The Bertz CT molecular complexity index is 254. The molecule has 0 saturated carbocycles. The Morgan fingerprint density at radius 3 is 1.57 bits per heavy atom. The fourth-order valence-electron chi connectivity index (χ4n) is 0.793. The Hall–Kier alpha value is -1.27. The highest BCUT2D eigenvalue weighted by molar-refractivity contribution is 6.00. The molecule has 0 aliphatic heterocycles. The summed E-state index contributed by atoms with van der Waals surface area (Å²) in [4.78, 5) is 20.1. The zero-order valence-electron chi connectivity index (χ0n) is 6.70. The highest BCUT2D eigenvalue weighted by atomic mass is 19.4. The summed E-state index contributed by atoms with van der Waals surface area (Å²) in [6.45, 7) is 2.79. The van der Waals surface area contributed by atoms with Crippen LogP contribution in [0, 0.1) is 5.41 Å². The fraction of sp³-hybridized carbons (Fsp3) is 0.429. The normalized spacial score (nSPS) is 12.4. The molecule has 0 N–H and O–H groups in total. The van der Waals surface area contributed by atoms with Crippen molar-refractivity contribution >= 4 is 12.1 Å². The smallest absolute Gasteiger partial charge is 0.259 e. The van der Waals surface area contributed by atoms with Crippen molar-refractivity contribution in [1.29, 1.82) is 0 Å². The van der Waals surface area contributed by atoms with E-state index in [0.29, 0.717) is 6.08 Å². The maximum Gasteiger partial charge on any atom is 0.414 e. The zero-order chi connectivity index (χ0) is 11.6. The van der Waals surface area contributed by atoms with Gasteiger partial charge in [0.05, 0.1) is 0 Å². The summed E-state index contributed by atoms with van der Waals surface area (Å²) in [6.07, 6.45) is -6.62. The van der Waals surface area contributed by atoms with Gasteiger partial charge in [0.25, 0.3) is 0 Å². The van der Waals surface area contributed by atoms with Crippen LogP contribution in [0.2, 0.25) is 0 Å². The monoisotopic (exact) mass is 216 g/mol. The van der Waals surface area contributed by atoms with Crippen LogP contribution in [-0.4, -0.2) is 18.3 Å². The predicted octanol–water partition coefficient (Wildman–Crippen LogP) is 2.10. The number of rotatable bonds is 4. The highest BCUT2D eigenvalue weighted by Gasteiger charge is 2.66. The Balaban J connectivity index is 5.50. The number of allylic oxidation sites excluding steroid dienone is 1. The van der Waals surface area contributed by atoms with Gasteiger partial charge in [0.15, 0.2) is 0 Å². The second-order valence-electron chi connectivity index (χ2n) is 2.44. The first-order valence-corrected chi connectivity index (χ1v) is 3.27. The van der Waals surface area contributed by atoms with Crippen molar-refractivity contribution in [3.05, 3.63) is 12.7 Å². The molecule has 0 bridgehead atoms. The Morgan fingerprint density at radius 1 is 1.14 bits per heavy atom. The van der Waals surface area contributed by atoms with E-state index >= 15 is 0 Å². The van der Waals surface area contributed by atoms with Crippen LogP contribution >= 0.6 is 0 Å². The number of alkyl halides is 3. The number of halogens is 5. The number of hydrogen-bond donors (Lipinski definition) is 0. The van der Waals surface area contributed by atoms with Crippen molar-refractivity contribution in [1.82, 2.24) is 0 Å². The van der Waals surface area contributed by atoms with Crippen LogP contribution in [0.15, 0.2) is 12.7 Å². The van der Waals surface area contributed by atoms with Crippen LogP contribution in [-0.2, 0) is 9.59 Å². The van der Waals surface area contributed by atoms with E-state index in [-0.39, 0.29) is 0 Å². The van der Waals surface area contributed by atoms with Crippen molar-refractivity contribution in [2.75, 3.05) is 0 Å². The highest BCUT2D eigenvalue weighted by Crippen LogP contribution is 2.43. The Kier molecular flexibility index (Phi) is 3.50. The Morgan fingerprint density at radius 2 is 1.50 bits per heavy atom. The molecular formula is C7H5F5O2. The van der Waals surface area contributed by atoms with E-state index in [1.807, 2.05) is 0 Å². The van der Waals surface area contributed by atoms with Gasteiger partial charge in [-0.2, -0.15) is 22.0 Å². The van der Waals surface area contributed by atoms with E-state index in [0.717, 1.165) is 0 Å². The van der Waals surface area contributed by atoms with Crippen molar-refractivity contribution in [3.8, 4) is 0 Å². The average molecular weight is 216 g/mol. The van der Waals surface area contributed by atoms with Gasteiger partial charge in [-0.1, -0.05) is 6.08 Å². The number of hydrogen-bond acceptors (Lipinski definition) is 2. The van der Waals surface area contributed by atoms with Gasteiger partial charge in [-0.15, -0.1) is 6.58 Å². The molecule has 0 aromatic rings. The summed E-state index contributed by atoms with van der Waals surface area (Å²) < 4.78 is 60.5. The van der Waals surface area contributed by atoms with Crippen molar-refractivity contribution in [2.45, 2.75) is 12.6 Å². The van der Waals surface area contributed by atoms with Gasteiger partial charge in [0, 0.05) is 0 Å². The number of carbonyl (C=O) groups is 2. The van der Waals surface area contributed by atoms with Gasteiger partial charge in [0.1, 0.15) is 0 Å². The van der Waals surface area contributed by atoms with Crippen LogP contribution in [0.3, 0.4) is 0 Å². The van der Waals surface area contributed by atoms with Crippen LogP contribution < -0.4 is 0 Å². The average Bonchev–Trinajstić information content (AvgIpc) is 1.95. The summed E-state index contributed by atoms with van der Waals surface area (Å²) in [5.41, 5.74) is -4.24. The minimum atomic E-state index is -5.61. The van der Waals surface area contributed by atoms with E-state index < -0.39 is 30.1 Å². The Labute approximate surface area is 75.4 Å². The standard InChI is InChI=1S/C7H5F5O2/c1-2-3-6(4(8)13,5(9)14)7(10,11)12/h2H,1,3H2. The largest absolute Gasteiger partial charge is 0.414 e. The molecule has 0 saturated heterocycles. The maximum absolute atomic E-state index is 12.1. The summed E-state index contributed by atoms with van der Waals surface area (Å²) in [7, 11) is 0. The summed E-state index contributed by atoms with van der Waals surface area (Å²) in [5.74, 6) is 0. The topological polar surface area (TPSA) is 34.1 Å². The van der Waals surface area contributed by atoms with Gasteiger partial charge in [-0.3, -0.25) is 9.59 Å². The summed E-state index contributed by atoms with van der Waals surface area (Å²) in [6, 6.07) is -6.14. The first kappa shape index (κ1) is 12.7. The molecule has 2 nitrogen and oxygen atoms in total. The van der Waals surface area contributed by atoms with Crippen LogP contribution in [0.4, 0.5) is 22.0 Å². The lowest BCUT2D eigenvalue weighted by atomic mass is 9.85. The summed E-state index contributed by atoms with van der Waals surface area (Å²) in [5, 5.41) is 0. The molecule has 0 unspecified atom stereocenters. The molecule has 0 amide bonds. The molecule has 0 atom stereocenters. The lowest BCUT2D eigenvalue weighted by Gasteiger charge is -2.24. The molecule has 0 spiro atoms. The SMILES string of the molecule is C=CCC(C(=O)F)(C(=O)F)C(F)(F)F. The quantitative estimate of drug-likeness (QED) is 0.312. The van der Waals surface area contributed by atoms with Gasteiger partial charge in [-0.25, -0.2) is 0 Å². The first-order chi connectivity index (χ1) is 6.20. The van der Waals surface area contributed by atoms with E-state index in [1.165, 1.54) is 0 Å². The van der Waals surface area contributed by atoms with E-state index in [4.69, 9.17) is 0 Å². The second kappa shape index (κ2) is 3.85. The van der Waals surface area contributed by atoms with Crippen molar-refractivity contribution < 1.29 is 31.5 Å². The minimum Gasteiger partial charge on any atom is -0.259 e. The summed E-state index contributed by atoms with van der Waals surface area (Å²) >= 11 is 0. The van der Waals surface area contributed by atoms with Gasteiger partial charge >= 0.3 is 18.3 Å². The molecule has 0 aliphatic carbocycles. The molecule has 7 heteroatoms. The van der Waals surface area contributed by atoms with Crippen LogP contribution in [0.5, 0.6) is 0 Å². The molecule has 0 aliphatic rings. The maximum atomic E-state index is 12.1. The molecular weight excluding hydrogens is 211 g/mol. The molecule has 0 heterocycles. The molecule has 0 fully saturated rings. The first-order valence-electron chi connectivity index (χ1n) is 3.27. The van der Waals surface area contributed by atoms with Crippen molar-refractivity contribution in [2.24, 2.45) is 5.41 Å². The molecule has 14 heavy (non-hydrogen) atoms. The molecule has 0 aromatic heterocycles. The fourth-order valence-corrected chi connectivity index (χ4v) is 0.793. The zero-order valence-corrected chi connectivity index (χ0v) is 6.70. The third kappa shape index (κ3) is 1.80. The van der Waals surface area contributed by atoms with Crippen molar-refractivity contribution in [3.63, 3.8) is 0 Å². The lowest BCUT2D eigenvalue weighted by molar-refractivity contribution is -0.227. The van der Waals surface area contributed by atoms with Gasteiger partial charge in [-0.05, 0) is 6.42 Å². The van der Waals surface area contributed by atoms with E-state index in [1.54, 1.807) is 0 Å². The molecule has 0 radical (unpaired) electrons. The molecule has 0 aromatic carbocycles. The third-order valence-electron chi connectivity index (χ3n) is 1.61. The second-order valence-corrected chi connectivity index (χ2v) is 2.44. The van der Waals surface area contributed by atoms with Crippen LogP contribution in [0.25, 0.3) is 0 Å². The van der Waals surface area contributed by atoms with Gasteiger partial charge in [0.2, 0.25) is 5.41 Å². The molecule has 0 rings (SSSR count). The predicted molar refractivity (Wildman–Crippen MR) is 35.5 cm³/mol. The molecule has 80 valence electrons.